The van der Waals surface area contributed by atoms with Crippen molar-refractivity contribution in [1.82, 2.24) is 15.1 Å². The number of aromatic nitrogens is 2. The van der Waals surface area contributed by atoms with Gasteiger partial charge in [0.2, 0.25) is 0 Å². The Morgan fingerprint density at radius 2 is 1.90 bits per heavy atom. The van der Waals surface area contributed by atoms with Crippen LogP contribution in [0, 0.1) is 12.8 Å². The molecule has 1 aromatic carbocycles. The van der Waals surface area contributed by atoms with E-state index in [0.717, 1.165) is 32.0 Å². The summed E-state index contributed by atoms with van der Waals surface area (Å²) in [5, 5.41) is 29.1. The van der Waals surface area contributed by atoms with E-state index in [1.54, 1.807) is 13.0 Å². The molecule has 2 N–H and O–H groups in total. The summed E-state index contributed by atoms with van der Waals surface area (Å²) < 4.78 is 38.4. The van der Waals surface area contributed by atoms with Crippen molar-refractivity contribution in [3.8, 4) is 17.0 Å². The normalized spacial score (nSPS) is 19.5. The molecule has 0 bridgehead atoms. The van der Waals surface area contributed by atoms with Crippen LogP contribution in [0.5, 0.6) is 5.75 Å². The fourth-order valence-electron chi connectivity index (χ4n) is 3.83. The summed E-state index contributed by atoms with van der Waals surface area (Å²) in [5.74, 6) is -0.462. The fourth-order valence-corrected chi connectivity index (χ4v) is 3.83. The molecule has 1 unspecified atom stereocenters. The van der Waals surface area contributed by atoms with Gasteiger partial charge in [-0.15, -0.1) is 5.10 Å². The molecular weight excluding hydrogens is 383 g/mol. The van der Waals surface area contributed by atoms with Crippen LogP contribution in [0.3, 0.4) is 0 Å². The lowest BCUT2D eigenvalue weighted by Gasteiger charge is -2.37. The van der Waals surface area contributed by atoms with Crippen LogP contribution in [0.4, 0.5) is 13.2 Å². The quantitative estimate of drug-likeness (QED) is 0.787. The number of halogens is 3. The van der Waals surface area contributed by atoms with Gasteiger partial charge in [-0.25, -0.2) is 0 Å². The van der Waals surface area contributed by atoms with Crippen molar-refractivity contribution < 1.29 is 23.4 Å². The van der Waals surface area contributed by atoms with E-state index in [2.05, 4.69) is 28.9 Å². The molecule has 1 aliphatic rings. The van der Waals surface area contributed by atoms with Crippen molar-refractivity contribution in [1.29, 1.82) is 0 Å². The highest BCUT2D eigenvalue weighted by atomic mass is 19.4. The maximum absolute atomic E-state index is 12.8. The Labute approximate surface area is 168 Å². The molecule has 0 saturated carbocycles. The number of aliphatic hydroxyl groups is 1. The Kier molecular flexibility index (Phi) is 6.14. The number of hydrogen-bond donors (Lipinski definition) is 2. The topological polar surface area (TPSA) is 69.5 Å². The molecular formula is C21H26F3N3O2. The summed E-state index contributed by atoms with van der Waals surface area (Å²) in [6, 6.07) is 4.87. The number of alkyl halides is 3. The van der Waals surface area contributed by atoms with Gasteiger partial charge in [0.1, 0.15) is 11.9 Å². The van der Waals surface area contributed by atoms with Crippen molar-refractivity contribution >= 4 is 0 Å². The zero-order valence-corrected chi connectivity index (χ0v) is 16.7. The second-order valence-corrected chi connectivity index (χ2v) is 7.97. The van der Waals surface area contributed by atoms with Crippen molar-refractivity contribution in [3.63, 3.8) is 0 Å². The predicted octanol–water partition coefficient (Wildman–Crippen LogP) is 4.33. The van der Waals surface area contributed by atoms with Gasteiger partial charge in [0.15, 0.2) is 0 Å². The van der Waals surface area contributed by atoms with Crippen molar-refractivity contribution in [2.24, 2.45) is 5.92 Å². The number of phenols is 1. The van der Waals surface area contributed by atoms with Gasteiger partial charge in [0.05, 0.1) is 17.0 Å². The number of hydrogen-bond acceptors (Lipinski definition) is 5. The van der Waals surface area contributed by atoms with Crippen LogP contribution < -0.4 is 0 Å². The Hall–Kier alpha value is -2.19. The molecule has 2 aromatic rings. The third-order valence-electron chi connectivity index (χ3n) is 5.55. The van der Waals surface area contributed by atoms with Gasteiger partial charge in [-0.1, -0.05) is 0 Å². The summed E-state index contributed by atoms with van der Waals surface area (Å²) in [6.07, 6.45) is -3.40. The zero-order valence-electron chi connectivity index (χ0n) is 16.7. The molecule has 5 nitrogen and oxygen atoms in total. The van der Waals surface area contributed by atoms with E-state index in [0.29, 0.717) is 29.1 Å². The molecule has 29 heavy (non-hydrogen) atoms. The van der Waals surface area contributed by atoms with Gasteiger partial charge in [-0.2, -0.15) is 18.3 Å². The van der Waals surface area contributed by atoms with Crippen LogP contribution >= 0.6 is 0 Å². The smallest absolute Gasteiger partial charge is 0.416 e. The SMILES string of the molecule is Cc1cc([C@H](O)C2CCCN(C(C)C)C2)nnc1-c1ccc(C(F)(F)F)cc1O. The van der Waals surface area contributed by atoms with Gasteiger partial charge < -0.3 is 15.1 Å². The summed E-state index contributed by atoms with van der Waals surface area (Å²) in [5.41, 5.74) is 0.601. The summed E-state index contributed by atoms with van der Waals surface area (Å²) in [6.45, 7) is 7.78. The van der Waals surface area contributed by atoms with Gasteiger partial charge in [-0.3, -0.25) is 0 Å². The summed E-state index contributed by atoms with van der Waals surface area (Å²) in [4.78, 5) is 2.33. The number of rotatable bonds is 4. The summed E-state index contributed by atoms with van der Waals surface area (Å²) in [7, 11) is 0. The highest BCUT2D eigenvalue weighted by molar-refractivity contribution is 5.69. The minimum absolute atomic E-state index is 0.0465. The number of aliphatic hydroxyl groups excluding tert-OH is 1. The van der Waals surface area contributed by atoms with Gasteiger partial charge >= 0.3 is 6.18 Å². The van der Waals surface area contributed by atoms with Gasteiger partial charge in [-0.05, 0) is 70.0 Å². The molecule has 3 rings (SSSR count). The monoisotopic (exact) mass is 409 g/mol. The Morgan fingerprint density at radius 1 is 1.17 bits per heavy atom. The molecule has 158 valence electrons. The highest BCUT2D eigenvalue weighted by Crippen LogP contribution is 2.37. The molecule has 0 radical (unpaired) electrons. The van der Waals surface area contributed by atoms with Gasteiger partial charge in [0.25, 0.3) is 0 Å². The van der Waals surface area contributed by atoms with E-state index in [9.17, 15) is 23.4 Å². The molecule has 8 heteroatoms. The maximum atomic E-state index is 12.8. The molecule has 1 fully saturated rings. The lowest BCUT2D eigenvalue weighted by Crippen LogP contribution is -2.41. The summed E-state index contributed by atoms with van der Waals surface area (Å²) >= 11 is 0. The minimum atomic E-state index is -4.53. The van der Waals surface area contributed by atoms with Crippen molar-refractivity contribution in [2.45, 2.75) is 51.9 Å². The number of benzene rings is 1. The Balaban J connectivity index is 1.83. The molecule has 2 atom stereocenters. The van der Waals surface area contributed by atoms with E-state index in [1.807, 2.05) is 0 Å². The lowest BCUT2D eigenvalue weighted by atomic mass is 9.89. The number of aryl methyl sites for hydroxylation is 1. The molecule has 0 amide bonds. The van der Waals surface area contributed by atoms with E-state index >= 15 is 0 Å². The van der Waals surface area contributed by atoms with Gasteiger partial charge in [0, 0.05) is 24.1 Å². The largest absolute Gasteiger partial charge is 0.507 e. The third-order valence-corrected chi connectivity index (χ3v) is 5.55. The second kappa shape index (κ2) is 8.28. The second-order valence-electron chi connectivity index (χ2n) is 7.97. The van der Waals surface area contributed by atoms with E-state index in [1.165, 1.54) is 6.07 Å². The molecule has 0 aliphatic carbocycles. The first-order chi connectivity index (χ1) is 13.6. The van der Waals surface area contributed by atoms with Crippen molar-refractivity contribution in [2.75, 3.05) is 13.1 Å². The first-order valence-electron chi connectivity index (χ1n) is 9.75. The minimum Gasteiger partial charge on any atom is -0.507 e. The zero-order chi connectivity index (χ0) is 21.3. The predicted molar refractivity (Wildman–Crippen MR) is 103 cm³/mol. The van der Waals surface area contributed by atoms with Crippen LogP contribution in [-0.2, 0) is 6.18 Å². The van der Waals surface area contributed by atoms with E-state index in [-0.39, 0.29) is 11.5 Å². The van der Waals surface area contributed by atoms with Crippen LogP contribution in [0.1, 0.15) is 49.6 Å². The molecule has 1 aromatic heterocycles. The number of likely N-dealkylation sites (tertiary alicyclic amines) is 1. The fraction of sp³-hybridized carbons (Fsp3) is 0.524. The van der Waals surface area contributed by atoms with E-state index in [4.69, 9.17) is 0 Å². The first-order valence-corrected chi connectivity index (χ1v) is 9.75. The number of phenolic OH excluding ortho intramolecular Hbond substituents is 1. The molecule has 2 heterocycles. The van der Waals surface area contributed by atoms with Crippen LogP contribution in [0.15, 0.2) is 24.3 Å². The molecule has 1 saturated heterocycles. The average Bonchev–Trinajstić information content (AvgIpc) is 2.67. The number of aromatic hydroxyl groups is 1. The van der Waals surface area contributed by atoms with Crippen LogP contribution in [0.2, 0.25) is 0 Å². The Bertz CT molecular complexity index is 871. The maximum Gasteiger partial charge on any atom is 0.416 e. The number of piperidine rings is 1. The molecule has 1 aliphatic heterocycles. The van der Waals surface area contributed by atoms with E-state index < -0.39 is 23.6 Å². The van der Waals surface area contributed by atoms with Crippen molar-refractivity contribution in [3.05, 3.63) is 41.1 Å². The van der Waals surface area contributed by atoms with Crippen LogP contribution in [0.25, 0.3) is 11.3 Å². The molecule has 0 spiro atoms. The third kappa shape index (κ3) is 4.70. The lowest BCUT2D eigenvalue weighted by molar-refractivity contribution is -0.137. The highest BCUT2D eigenvalue weighted by Gasteiger charge is 2.32. The first kappa shape index (κ1) is 21.5. The number of nitrogens with zero attached hydrogens (tertiary/aromatic N) is 3. The standard InChI is InChI=1S/C21H26F3N3O2/c1-12(2)27-8-4-5-14(11-27)20(29)17-9-13(3)19(26-25-17)16-7-6-15(10-18(16)28)21(22,23)24/h6-7,9-10,12,14,20,28-29H,4-5,8,11H2,1-3H3/t14?,20-/m1/s1. The Morgan fingerprint density at radius 3 is 2.48 bits per heavy atom. The average molecular weight is 409 g/mol. The van der Waals surface area contributed by atoms with Crippen LogP contribution in [-0.4, -0.2) is 44.4 Å².